The van der Waals surface area contributed by atoms with E-state index in [0.717, 1.165) is 24.6 Å². The number of nitrogens with one attached hydrogen (secondary N) is 1. The van der Waals surface area contributed by atoms with Crippen molar-refractivity contribution in [2.45, 2.75) is 94.6 Å². The summed E-state index contributed by atoms with van der Waals surface area (Å²) in [6, 6.07) is -2.49. The molecule has 0 bridgehead atoms. The number of carboxylic acids is 3. The number of unbranched alkanes of at least 4 members (excludes halogenated alkanes) is 3. The van der Waals surface area contributed by atoms with Gasteiger partial charge in [-0.1, -0.05) is 68.4 Å². The molecule has 0 aliphatic heterocycles. The molecule has 0 fully saturated rings. The highest BCUT2D eigenvalue weighted by Gasteiger charge is 2.25. The Hall–Kier alpha value is -2.89. The Morgan fingerprint density at radius 2 is 1.59 bits per heavy atom. The van der Waals surface area contributed by atoms with Crippen molar-refractivity contribution < 1.29 is 39.6 Å². The van der Waals surface area contributed by atoms with Gasteiger partial charge in [0.1, 0.15) is 12.1 Å². The third-order valence-electron chi connectivity index (χ3n) is 5.54. The Labute approximate surface area is 235 Å². The van der Waals surface area contributed by atoms with Crippen LogP contribution < -0.4 is 11.1 Å². The van der Waals surface area contributed by atoms with Crippen molar-refractivity contribution in [2.24, 2.45) is 5.73 Å². The summed E-state index contributed by atoms with van der Waals surface area (Å²) in [6.45, 7) is 2.17. The van der Waals surface area contributed by atoms with Crippen molar-refractivity contribution in [2.75, 3.05) is 5.75 Å². The van der Waals surface area contributed by atoms with Crippen LogP contribution in [0.2, 0.25) is 0 Å². The first-order chi connectivity index (χ1) is 18.6. The zero-order chi connectivity index (χ0) is 29.5. The quantitative estimate of drug-likeness (QED) is 0.0603. The molecule has 10 nitrogen and oxygen atoms in total. The second-order valence-corrected chi connectivity index (χ2v) is 10.2. The van der Waals surface area contributed by atoms with Gasteiger partial charge in [0.25, 0.3) is 0 Å². The van der Waals surface area contributed by atoms with Gasteiger partial charge in [-0.25, -0.2) is 4.79 Å². The Kier molecular flexibility index (Phi) is 21.3. The average molecular weight is 569 g/mol. The summed E-state index contributed by atoms with van der Waals surface area (Å²) in [5.74, 6) is -4.20. The topological polar surface area (TPSA) is 187 Å². The number of aliphatic hydroxyl groups is 1. The van der Waals surface area contributed by atoms with Crippen LogP contribution in [0.5, 0.6) is 0 Å². The molecule has 0 aromatic carbocycles. The van der Waals surface area contributed by atoms with Crippen molar-refractivity contribution >= 4 is 35.6 Å². The van der Waals surface area contributed by atoms with Crippen molar-refractivity contribution in [1.82, 2.24) is 5.32 Å². The van der Waals surface area contributed by atoms with Gasteiger partial charge in [0.2, 0.25) is 5.91 Å². The molecule has 0 saturated carbocycles. The maximum atomic E-state index is 12.1. The average Bonchev–Trinajstić information content (AvgIpc) is 2.88. The SMILES string of the molecule is CCCCCC=CCC=C/C=C/C=C/[C@@H](SC[C@H](NC(=O)CC[C@H](N)C(=O)O)C(=O)O)[C@@H](O)CCCC(=O)O. The molecule has 7 N–H and O–H groups in total. The van der Waals surface area contributed by atoms with Gasteiger partial charge in [-0.05, 0) is 38.5 Å². The highest BCUT2D eigenvalue weighted by Crippen LogP contribution is 2.21. The molecule has 1 amide bonds. The van der Waals surface area contributed by atoms with E-state index in [1.54, 1.807) is 18.2 Å². The van der Waals surface area contributed by atoms with Gasteiger partial charge >= 0.3 is 17.9 Å². The van der Waals surface area contributed by atoms with Crippen LogP contribution in [0, 0.1) is 0 Å². The van der Waals surface area contributed by atoms with Crippen LogP contribution in [0.25, 0.3) is 0 Å². The van der Waals surface area contributed by atoms with Crippen LogP contribution in [-0.2, 0) is 19.2 Å². The highest BCUT2D eigenvalue weighted by atomic mass is 32.2. The number of aliphatic hydroxyl groups excluding tert-OH is 1. The lowest BCUT2D eigenvalue weighted by atomic mass is 10.1. The summed E-state index contributed by atoms with van der Waals surface area (Å²) in [7, 11) is 0. The maximum absolute atomic E-state index is 12.1. The Morgan fingerprint density at radius 1 is 0.872 bits per heavy atom. The molecular weight excluding hydrogens is 524 g/mol. The Bertz CT molecular complexity index is 857. The lowest BCUT2D eigenvalue weighted by molar-refractivity contribution is -0.141. The molecule has 0 aromatic rings. The smallest absolute Gasteiger partial charge is 0.327 e. The fourth-order valence-corrected chi connectivity index (χ4v) is 4.44. The molecule has 0 aliphatic rings. The maximum Gasteiger partial charge on any atom is 0.327 e. The number of thioether (sulfide) groups is 1. The predicted molar refractivity (Wildman–Crippen MR) is 153 cm³/mol. The van der Waals surface area contributed by atoms with Crippen LogP contribution in [0.15, 0.2) is 48.6 Å². The summed E-state index contributed by atoms with van der Waals surface area (Å²) < 4.78 is 0. The third kappa shape index (κ3) is 20.7. The Morgan fingerprint density at radius 3 is 2.23 bits per heavy atom. The molecule has 0 aromatic heterocycles. The lowest BCUT2D eigenvalue weighted by Gasteiger charge is -2.22. The molecule has 0 aliphatic carbocycles. The van der Waals surface area contributed by atoms with E-state index in [2.05, 4.69) is 24.4 Å². The number of nitrogens with two attached hydrogens (primary N) is 1. The Balaban J connectivity index is 5.01. The van der Waals surface area contributed by atoms with E-state index < -0.39 is 47.3 Å². The van der Waals surface area contributed by atoms with E-state index in [1.807, 2.05) is 18.2 Å². The number of carbonyl (C=O) groups excluding carboxylic acids is 1. The van der Waals surface area contributed by atoms with E-state index in [9.17, 15) is 29.4 Å². The van der Waals surface area contributed by atoms with E-state index in [4.69, 9.17) is 15.9 Å². The van der Waals surface area contributed by atoms with E-state index in [0.29, 0.717) is 0 Å². The lowest BCUT2D eigenvalue weighted by Crippen LogP contribution is -2.44. The van der Waals surface area contributed by atoms with Gasteiger partial charge in [0, 0.05) is 23.8 Å². The third-order valence-corrected chi connectivity index (χ3v) is 6.92. The number of hydrogen-bond donors (Lipinski definition) is 6. The van der Waals surface area contributed by atoms with Crippen LogP contribution >= 0.6 is 11.8 Å². The van der Waals surface area contributed by atoms with Crippen LogP contribution in [0.1, 0.15) is 71.1 Å². The number of carbonyl (C=O) groups is 4. The number of allylic oxidation sites excluding steroid dienone is 7. The fourth-order valence-electron chi connectivity index (χ4n) is 3.24. The molecular formula is C28H44N2O8S. The second kappa shape index (κ2) is 23.0. The van der Waals surface area contributed by atoms with Gasteiger partial charge in [-0.3, -0.25) is 14.4 Å². The first-order valence-corrected chi connectivity index (χ1v) is 14.3. The van der Waals surface area contributed by atoms with Crippen molar-refractivity contribution in [1.29, 1.82) is 0 Å². The normalized spacial score (nSPS) is 15.2. The summed E-state index contributed by atoms with van der Waals surface area (Å²) in [4.78, 5) is 45.4. The van der Waals surface area contributed by atoms with E-state index in [-0.39, 0.29) is 37.9 Å². The molecule has 11 heteroatoms. The first kappa shape index (κ1) is 36.1. The first-order valence-electron chi connectivity index (χ1n) is 13.2. The second-order valence-electron chi connectivity index (χ2n) is 8.99. The molecule has 0 radical (unpaired) electrons. The predicted octanol–water partition coefficient (Wildman–Crippen LogP) is 3.66. The number of aliphatic carboxylic acids is 3. The summed E-state index contributed by atoms with van der Waals surface area (Å²) in [5, 5.41) is 39.6. The number of rotatable bonds is 23. The van der Waals surface area contributed by atoms with Crippen molar-refractivity contribution in [3.63, 3.8) is 0 Å². The minimum absolute atomic E-state index is 0.0642. The molecule has 39 heavy (non-hydrogen) atoms. The van der Waals surface area contributed by atoms with Crippen LogP contribution in [0.4, 0.5) is 0 Å². The largest absolute Gasteiger partial charge is 0.481 e. The summed E-state index contributed by atoms with van der Waals surface area (Å²) in [5.41, 5.74) is 5.38. The number of amides is 1. The van der Waals surface area contributed by atoms with Gasteiger partial charge in [-0.15, -0.1) is 11.8 Å². The molecule has 0 spiro atoms. The minimum atomic E-state index is -1.27. The molecule has 220 valence electrons. The van der Waals surface area contributed by atoms with Gasteiger partial charge in [-0.2, -0.15) is 0 Å². The molecule has 0 heterocycles. The zero-order valence-corrected chi connectivity index (χ0v) is 23.4. The van der Waals surface area contributed by atoms with E-state index >= 15 is 0 Å². The standard InChI is InChI=1S/C28H44N2O8S/c1-2-3-4-5-6-7-8-9-10-11-12-13-16-24(23(31)15-14-17-26(33)34)39-20-22(28(37)38)30-25(32)19-18-21(29)27(35)36/h6-7,9-13,16,21-24,31H,2-5,8,14-15,17-20,29H2,1H3,(H,30,32)(H,33,34)(H,35,36)(H,37,38)/b7-6?,10-9?,12-11+,16-13+/t21-,22-,23-,24+/m0/s1. The summed E-state index contributed by atoms with van der Waals surface area (Å²) in [6.07, 6.45) is 19.9. The van der Waals surface area contributed by atoms with E-state index in [1.165, 1.54) is 19.3 Å². The zero-order valence-electron chi connectivity index (χ0n) is 22.6. The molecule has 0 saturated heterocycles. The van der Waals surface area contributed by atoms with Gasteiger partial charge in [0.05, 0.1) is 6.10 Å². The van der Waals surface area contributed by atoms with Crippen molar-refractivity contribution in [3.05, 3.63) is 48.6 Å². The van der Waals surface area contributed by atoms with Crippen LogP contribution in [-0.4, -0.2) is 73.4 Å². The highest BCUT2D eigenvalue weighted by molar-refractivity contribution is 8.00. The molecule has 4 atom stereocenters. The summed E-state index contributed by atoms with van der Waals surface area (Å²) >= 11 is 1.12. The number of hydrogen-bond acceptors (Lipinski definition) is 7. The van der Waals surface area contributed by atoms with Crippen LogP contribution in [0.3, 0.4) is 0 Å². The fraction of sp³-hybridized carbons (Fsp3) is 0.571. The van der Waals surface area contributed by atoms with Gasteiger partial charge in [0.15, 0.2) is 0 Å². The van der Waals surface area contributed by atoms with Gasteiger partial charge < -0.3 is 31.5 Å². The van der Waals surface area contributed by atoms with Crippen molar-refractivity contribution in [3.8, 4) is 0 Å². The molecule has 0 unspecified atom stereocenters. The monoisotopic (exact) mass is 568 g/mol. The number of carboxylic acid groups (broad SMARTS) is 3. The molecule has 0 rings (SSSR count). The minimum Gasteiger partial charge on any atom is -0.481 e.